The largest absolute Gasteiger partial charge is 0.378 e. The molecule has 3 aromatic rings. The second kappa shape index (κ2) is 8.43. The van der Waals surface area contributed by atoms with Gasteiger partial charge in [0.1, 0.15) is 0 Å². The molecule has 0 bridgehead atoms. The van der Waals surface area contributed by atoms with Crippen molar-refractivity contribution in [1.82, 2.24) is 14.9 Å². The lowest BCUT2D eigenvalue weighted by molar-refractivity contribution is -0.123. The number of benzene rings is 2. The minimum atomic E-state index is -0.0568. The first-order valence-electron chi connectivity index (χ1n) is 11.5. The fourth-order valence-corrected chi connectivity index (χ4v) is 5.24. The molecular formula is C26H31N5O. The monoisotopic (exact) mass is 429 g/mol. The van der Waals surface area contributed by atoms with Crippen LogP contribution in [0.25, 0.3) is 10.9 Å². The lowest BCUT2D eigenvalue weighted by atomic mass is 9.89. The van der Waals surface area contributed by atoms with E-state index in [-0.39, 0.29) is 5.91 Å². The lowest BCUT2D eigenvalue weighted by Gasteiger charge is -2.39. The molecule has 0 spiro atoms. The van der Waals surface area contributed by atoms with Gasteiger partial charge in [-0.3, -0.25) is 9.69 Å². The van der Waals surface area contributed by atoms with Gasteiger partial charge >= 0.3 is 0 Å². The Balaban J connectivity index is 1.28. The van der Waals surface area contributed by atoms with Crippen LogP contribution in [0.5, 0.6) is 0 Å². The van der Waals surface area contributed by atoms with Crippen molar-refractivity contribution in [3.05, 3.63) is 64.8 Å². The summed E-state index contributed by atoms with van der Waals surface area (Å²) in [5.41, 5.74) is 10.4. The van der Waals surface area contributed by atoms with E-state index in [1.807, 2.05) is 38.4 Å². The van der Waals surface area contributed by atoms with Gasteiger partial charge in [-0.2, -0.15) is 5.10 Å². The minimum Gasteiger partial charge on any atom is -0.378 e. The van der Waals surface area contributed by atoms with Gasteiger partial charge in [-0.25, -0.2) is 5.43 Å². The summed E-state index contributed by atoms with van der Waals surface area (Å²) in [5.74, 6) is -0.0568. The summed E-state index contributed by atoms with van der Waals surface area (Å²) in [6.07, 6.45) is 5.11. The topological polar surface area (TPSA) is 52.9 Å². The van der Waals surface area contributed by atoms with E-state index >= 15 is 0 Å². The van der Waals surface area contributed by atoms with Crippen molar-refractivity contribution in [3.8, 4) is 0 Å². The average molecular weight is 430 g/mol. The first kappa shape index (κ1) is 20.8. The minimum absolute atomic E-state index is 0.0568. The molecule has 0 saturated heterocycles. The number of hydrogen-bond acceptors (Lipinski definition) is 4. The van der Waals surface area contributed by atoms with E-state index in [2.05, 4.69) is 50.0 Å². The second-order valence-electron chi connectivity index (χ2n) is 9.19. The van der Waals surface area contributed by atoms with Crippen LogP contribution in [0.4, 0.5) is 5.69 Å². The molecule has 0 saturated carbocycles. The summed E-state index contributed by atoms with van der Waals surface area (Å²) < 4.78 is 2.50. The number of fused-ring (bicyclic) bond motifs is 3. The molecule has 1 atom stereocenters. The average Bonchev–Trinajstić information content (AvgIpc) is 3.10. The van der Waals surface area contributed by atoms with E-state index in [0.29, 0.717) is 12.6 Å². The maximum atomic E-state index is 12.7. The quantitative estimate of drug-likeness (QED) is 0.495. The normalized spacial score (nSPS) is 18.2. The van der Waals surface area contributed by atoms with Crippen molar-refractivity contribution in [2.45, 2.75) is 38.8 Å². The Bertz CT molecular complexity index is 1180. The molecule has 6 nitrogen and oxygen atoms in total. The number of carbonyl (C=O) groups is 1. The number of amides is 1. The fraction of sp³-hybridized carbons (Fsp3) is 0.385. The van der Waals surface area contributed by atoms with Crippen LogP contribution in [0.2, 0.25) is 0 Å². The fourth-order valence-electron chi connectivity index (χ4n) is 5.24. The van der Waals surface area contributed by atoms with Crippen LogP contribution in [-0.2, 0) is 17.8 Å². The predicted octanol–water partition coefficient (Wildman–Crippen LogP) is 3.86. The number of nitrogens with zero attached hydrogens (tertiary/aromatic N) is 4. The molecule has 1 N–H and O–H groups in total. The molecule has 0 radical (unpaired) electrons. The molecule has 6 heteroatoms. The van der Waals surface area contributed by atoms with Crippen molar-refractivity contribution >= 4 is 28.7 Å². The van der Waals surface area contributed by atoms with Gasteiger partial charge in [0.05, 0.1) is 18.8 Å². The molecular weight excluding hydrogens is 398 g/mol. The number of hydrogen-bond donors (Lipinski definition) is 1. The number of carbonyl (C=O) groups excluding carboxylic acids is 1. The summed E-state index contributed by atoms with van der Waals surface area (Å²) >= 11 is 0. The highest BCUT2D eigenvalue weighted by Gasteiger charge is 2.35. The third-order valence-electron chi connectivity index (χ3n) is 6.80. The third-order valence-corrected chi connectivity index (χ3v) is 6.80. The van der Waals surface area contributed by atoms with Gasteiger partial charge in [0.15, 0.2) is 0 Å². The van der Waals surface area contributed by atoms with Crippen LogP contribution in [0, 0.1) is 6.92 Å². The van der Waals surface area contributed by atoms with Crippen molar-refractivity contribution in [2.24, 2.45) is 5.10 Å². The SMILES string of the molecule is Cc1ccc2c(c1)c1c3n2CCN(CC(=O)N/N=C/c2ccc(N(C)C)cc2)C3CCC1. The zero-order chi connectivity index (χ0) is 22.2. The van der Waals surface area contributed by atoms with E-state index in [9.17, 15) is 4.79 Å². The molecule has 2 aromatic carbocycles. The first-order valence-corrected chi connectivity index (χ1v) is 11.5. The number of rotatable bonds is 5. The number of aryl methyl sites for hydroxylation is 2. The van der Waals surface area contributed by atoms with Crippen molar-refractivity contribution in [1.29, 1.82) is 0 Å². The summed E-state index contributed by atoms with van der Waals surface area (Å²) in [7, 11) is 4.03. The van der Waals surface area contributed by atoms with Gasteiger partial charge in [0.25, 0.3) is 5.91 Å². The Hall–Kier alpha value is -3.12. The highest BCUT2D eigenvalue weighted by Crippen LogP contribution is 2.42. The molecule has 2 aliphatic rings. The highest BCUT2D eigenvalue weighted by atomic mass is 16.2. The summed E-state index contributed by atoms with van der Waals surface area (Å²) in [6, 6.07) is 15.2. The Morgan fingerprint density at radius 3 is 2.78 bits per heavy atom. The van der Waals surface area contributed by atoms with Crippen molar-refractivity contribution < 1.29 is 4.79 Å². The van der Waals surface area contributed by atoms with Gasteiger partial charge in [0.2, 0.25) is 0 Å². The van der Waals surface area contributed by atoms with Crippen LogP contribution >= 0.6 is 0 Å². The van der Waals surface area contributed by atoms with E-state index in [1.165, 1.54) is 34.1 Å². The maximum Gasteiger partial charge on any atom is 0.254 e. The standard InChI is InChI=1S/C26H31N5O/c1-18-7-12-23-22(15-18)21-5-4-6-24-26(21)31(23)14-13-30(24)17-25(32)28-27-16-19-8-10-20(11-9-19)29(2)3/h7-12,15-16,24H,4-6,13-14,17H2,1-3H3,(H,28,32)/b27-16+. The Morgan fingerprint density at radius 2 is 2.00 bits per heavy atom. The van der Waals surface area contributed by atoms with Crippen LogP contribution in [-0.4, -0.2) is 48.8 Å². The summed E-state index contributed by atoms with van der Waals surface area (Å²) in [4.78, 5) is 17.0. The number of hydrazone groups is 1. The van der Waals surface area contributed by atoms with E-state index < -0.39 is 0 Å². The first-order chi connectivity index (χ1) is 15.5. The van der Waals surface area contributed by atoms with Crippen molar-refractivity contribution in [3.63, 3.8) is 0 Å². The molecule has 1 aliphatic carbocycles. The number of aromatic nitrogens is 1. The van der Waals surface area contributed by atoms with Gasteiger partial charge in [0, 0.05) is 49.5 Å². The molecule has 1 unspecified atom stereocenters. The highest BCUT2D eigenvalue weighted by molar-refractivity contribution is 5.87. The Morgan fingerprint density at radius 1 is 1.19 bits per heavy atom. The van der Waals surface area contributed by atoms with E-state index in [0.717, 1.165) is 37.2 Å². The van der Waals surface area contributed by atoms with Gasteiger partial charge in [-0.1, -0.05) is 23.8 Å². The van der Waals surface area contributed by atoms with Gasteiger partial charge in [-0.05, 0) is 61.6 Å². The predicted molar refractivity (Wildman–Crippen MR) is 130 cm³/mol. The van der Waals surface area contributed by atoms with E-state index in [4.69, 9.17) is 0 Å². The molecule has 32 heavy (non-hydrogen) atoms. The number of nitrogens with one attached hydrogen (secondary N) is 1. The molecule has 0 fully saturated rings. The maximum absolute atomic E-state index is 12.7. The Labute approximate surface area is 189 Å². The third kappa shape index (κ3) is 3.79. The van der Waals surface area contributed by atoms with Crippen LogP contribution in [0.1, 0.15) is 41.3 Å². The summed E-state index contributed by atoms with van der Waals surface area (Å²) in [6.45, 7) is 4.36. The lowest BCUT2D eigenvalue weighted by Crippen LogP contribution is -2.44. The second-order valence-corrected chi connectivity index (χ2v) is 9.19. The zero-order valence-corrected chi connectivity index (χ0v) is 19.1. The van der Waals surface area contributed by atoms with E-state index in [1.54, 1.807) is 6.21 Å². The molecule has 1 aromatic heterocycles. The zero-order valence-electron chi connectivity index (χ0n) is 19.1. The molecule has 1 amide bonds. The van der Waals surface area contributed by atoms with Gasteiger partial charge in [-0.15, -0.1) is 0 Å². The summed E-state index contributed by atoms with van der Waals surface area (Å²) in [5, 5.41) is 5.59. The van der Waals surface area contributed by atoms with Crippen molar-refractivity contribution in [2.75, 3.05) is 32.1 Å². The molecule has 2 heterocycles. The number of anilines is 1. The van der Waals surface area contributed by atoms with Crippen LogP contribution < -0.4 is 10.3 Å². The van der Waals surface area contributed by atoms with Crippen LogP contribution in [0.15, 0.2) is 47.6 Å². The molecule has 5 rings (SSSR count). The molecule has 166 valence electrons. The Kier molecular flexibility index (Phi) is 5.47. The molecule has 1 aliphatic heterocycles. The van der Waals surface area contributed by atoms with Gasteiger partial charge < -0.3 is 9.47 Å². The smallest absolute Gasteiger partial charge is 0.254 e. The van der Waals surface area contributed by atoms with Crippen LogP contribution in [0.3, 0.4) is 0 Å².